The van der Waals surface area contributed by atoms with Crippen molar-refractivity contribution < 1.29 is 0 Å². The van der Waals surface area contributed by atoms with Gasteiger partial charge < -0.3 is 5.32 Å². The summed E-state index contributed by atoms with van der Waals surface area (Å²) in [5, 5.41) is 7.26. The Balaban J connectivity index is 1.92. The van der Waals surface area contributed by atoms with Gasteiger partial charge in [0.05, 0.1) is 10.7 Å². The second-order valence-electron chi connectivity index (χ2n) is 7.76. The van der Waals surface area contributed by atoms with E-state index in [1.165, 1.54) is 30.0 Å². The first-order valence-corrected chi connectivity index (χ1v) is 8.91. The maximum absolute atomic E-state index is 4.86. The predicted molar refractivity (Wildman–Crippen MR) is 88.5 cm³/mol. The number of nitrogens with one attached hydrogen (secondary N) is 1. The van der Waals surface area contributed by atoms with Crippen molar-refractivity contribution in [3.63, 3.8) is 0 Å². The zero-order valence-electron chi connectivity index (χ0n) is 13.7. The first kappa shape index (κ1) is 16.0. The Hall–Kier alpha value is -0.410. The topological polar surface area (TPSA) is 24.9 Å². The molecule has 1 aromatic rings. The number of rotatable bonds is 7. The number of hydrogen-bond donors (Lipinski definition) is 1. The van der Waals surface area contributed by atoms with Crippen molar-refractivity contribution >= 4 is 11.3 Å². The molecule has 0 radical (unpaired) electrons. The molecular formula is C17H30N2S. The standard InChI is InChI=1S/C17H30N2S/c1-12(2)8-13(10-18-14-6-7-14)9-16-19-15(11-20-16)17(3,4)5/h11-14,18H,6-10H2,1-5H3. The van der Waals surface area contributed by atoms with Crippen molar-refractivity contribution in [1.82, 2.24) is 10.3 Å². The van der Waals surface area contributed by atoms with Gasteiger partial charge in [-0.3, -0.25) is 0 Å². The van der Waals surface area contributed by atoms with E-state index in [1.807, 2.05) is 11.3 Å². The van der Waals surface area contributed by atoms with Crippen molar-refractivity contribution in [3.05, 3.63) is 16.1 Å². The molecular weight excluding hydrogens is 264 g/mol. The molecule has 1 aliphatic rings. The zero-order valence-corrected chi connectivity index (χ0v) is 14.5. The lowest BCUT2D eigenvalue weighted by Crippen LogP contribution is -2.27. The Bertz CT molecular complexity index is 413. The quantitative estimate of drug-likeness (QED) is 0.806. The molecule has 1 saturated carbocycles. The van der Waals surface area contributed by atoms with Crippen molar-refractivity contribution in [2.24, 2.45) is 11.8 Å². The van der Waals surface area contributed by atoms with Crippen LogP contribution in [0.1, 0.15) is 64.6 Å². The van der Waals surface area contributed by atoms with E-state index in [-0.39, 0.29) is 5.41 Å². The van der Waals surface area contributed by atoms with Crippen molar-refractivity contribution in [3.8, 4) is 0 Å². The number of aromatic nitrogens is 1. The van der Waals surface area contributed by atoms with Gasteiger partial charge in [0.1, 0.15) is 0 Å². The summed E-state index contributed by atoms with van der Waals surface area (Å²) >= 11 is 1.84. The molecule has 1 N–H and O–H groups in total. The van der Waals surface area contributed by atoms with E-state index in [1.54, 1.807) is 0 Å². The normalized spacial score (nSPS) is 17.7. The minimum absolute atomic E-state index is 0.175. The van der Waals surface area contributed by atoms with Crippen LogP contribution in [-0.2, 0) is 11.8 Å². The second-order valence-corrected chi connectivity index (χ2v) is 8.70. The third-order valence-electron chi connectivity index (χ3n) is 3.86. The van der Waals surface area contributed by atoms with Gasteiger partial charge in [-0.25, -0.2) is 4.98 Å². The fourth-order valence-corrected chi connectivity index (χ4v) is 3.66. The molecule has 0 saturated heterocycles. The Labute approximate surface area is 128 Å². The molecule has 20 heavy (non-hydrogen) atoms. The van der Waals surface area contributed by atoms with E-state index in [4.69, 9.17) is 4.98 Å². The van der Waals surface area contributed by atoms with E-state index in [9.17, 15) is 0 Å². The van der Waals surface area contributed by atoms with Gasteiger partial charge in [-0.05, 0) is 37.6 Å². The largest absolute Gasteiger partial charge is 0.314 e. The summed E-state index contributed by atoms with van der Waals surface area (Å²) in [7, 11) is 0. The highest BCUT2D eigenvalue weighted by Gasteiger charge is 2.23. The maximum atomic E-state index is 4.86. The molecule has 2 rings (SSSR count). The SMILES string of the molecule is CC(C)CC(CNC1CC1)Cc1nc(C(C)(C)C)cs1. The molecule has 0 aromatic carbocycles. The highest BCUT2D eigenvalue weighted by atomic mass is 32.1. The third-order valence-corrected chi connectivity index (χ3v) is 4.73. The monoisotopic (exact) mass is 294 g/mol. The third kappa shape index (κ3) is 5.17. The number of hydrogen-bond acceptors (Lipinski definition) is 3. The minimum atomic E-state index is 0.175. The average Bonchev–Trinajstić information content (AvgIpc) is 3.02. The molecule has 1 heterocycles. The van der Waals surface area contributed by atoms with Crippen molar-refractivity contribution in [1.29, 1.82) is 0 Å². The lowest BCUT2D eigenvalue weighted by molar-refractivity contribution is 0.383. The molecule has 1 atom stereocenters. The summed E-state index contributed by atoms with van der Waals surface area (Å²) in [6, 6.07) is 0.811. The Morgan fingerprint density at radius 2 is 2.05 bits per heavy atom. The fraction of sp³-hybridized carbons (Fsp3) is 0.824. The summed E-state index contributed by atoms with van der Waals surface area (Å²) in [5.74, 6) is 1.50. The number of nitrogens with zero attached hydrogens (tertiary/aromatic N) is 1. The summed E-state index contributed by atoms with van der Waals surface area (Å²) in [6.07, 6.45) is 5.18. The minimum Gasteiger partial charge on any atom is -0.314 e. The van der Waals surface area contributed by atoms with Crippen LogP contribution in [0.3, 0.4) is 0 Å². The van der Waals surface area contributed by atoms with Gasteiger partial charge in [-0.2, -0.15) is 0 Å². The van der Waals surface area contributed by atoms with Crippen molar-refractivity contribution in [2.45, 2.75) is 71.8 Å². The van der Waals surface area contributed by atoms with Gasteiger partial charge in [0, 0.05) is 23.3 Å². The molecule has 1 aromatic heterocycles. The van der Waals surface area contributed by atoms with Gasteiger partial charge in [0.2, 0.25) is 0 Å². The molecule has 0 spiro atoms. The lowest BCUT2D eigenvalue weighted by atomic mass is 9.92. The summed E-state index contributed by atoms with van der Waals surface area (Å²) in [6.45, 7) is 12.5. The molecule has 1 unspecified atom stereocenters. The molecule has 3 heteroatoms. The molecule has 114 valence electrons. The smallest absolute Gasteiger partial charge is 0.0931 e. The van der Waals surface area contributed by atoms with E-state index >= 15 is 0 Å². The lowest BCUT2D eigenvalue weighted by Gasteiger charge is -2.19. The first-order valence-electron chi connectivity index (χ1n) is 8.03. The van der Waals surface area contributed by atoms with Crippen LogP contribution in [0.15, 0.2) is 5.38 Å². The van der Waals surface area contributed by atoms with Crippen molar-refractivity contribution in [2.75, 3.05) is 6.54 Å². The molecule has 1 fully saturated rings. The zero-order chi connectivity index (χ0) is 14.8. The first-order chi connectivity index (χ1) is 9.34. The van der Waals surface area contributed by atoms with Crippen LogP contribution in [0, 0.1) is 11.8 Å². The van der Waals surface area contributed by atoms with Crippen LogP contribution in [0.25, 0.3) is 0 Å². The maximum Gasteiger partial charge on any atom is 0.0931 e. The molecule has 2 nitrogen and oxygen atoms in total. The molecule has 0 aliphatic heterocycles. The molecule has 0 amide bonds. The van der Waals surface area contributed by atoms with Gasteiger partial charge in [-0.1, -0.05) is 34.6 Å². The van der Waals surface area contributed by atoms with Crippen LogP contribution in [0.4, 0.5) is 0 Å². The van der Waals surface area contributed by atoms with E-state index in [2.05, 4.69) is 45.3 Å². The Morgan fingerprint density at radius 3 is 2.55 bits per heavy atom. The van der Waals surface area contributed by atoms with E-state index in [0.717, 1.165) is 30.8 Å². The van der Waals surface area contributed by atoms with Crippen LogP contribution in [0.2, 0.25) is 0 Å². The molecule has 1 aliphatic carbocycles. The summed E-state index contributed by atoms with van der Waals surface area (Å²) < 4.78 is 0. The highest BCUT2D eigenvalue weighted by molar-refractivity contribution is 7.09. The Morgan fingerprint density at radius 1 is 1.35 bits per heavy atom. The molecule has 0 bridgehead atoms. The summed E-state index contributed by atoms with van der Waals surface area (Å²) in [4.78, 5) is 4.86. The Kier molecular flexibility index (Phi) is 5.25. The number of thiazole rings is 1. The van der Waals surface area contributed by atoms with Gasteiger partial charge in [0.25, 0.3) is 0 Å². The van der Waals surface area contributed by atoms with Gasteiger partial charge in [-0.15, -0.1) is 11.3 Å². The highest BCUT2D eigenvalue weighted by Crippen LogP contribution is 2.27. The van der Waals surface area contributed by atoms with E-state index < -0.39 is 0 Å². The van der Waals surface area contributed by atoms with Crippen LogP contribution in [-0.4, -0.2) is 17.6 Å². The van der Waals surface area contributed by atoms with Crippen LogP contribution in [0.5, 0.6) is 0 Å². The average molecular weight is 295 g/mol. The summed E-state index contributed by atoms with van der Waals surface area (Å²) in [5.41, 5.74) is 1.42. The van der Waals surface area contributed by atoms with Gasteiger partial charge in [0.15, 0.2) is 0 Å². The van der Waals surface area contributed by atoms with E-state index in [0.29, 0.717) is 0 Å². The predicted octanol–water partition coefficient (Wildman–Crippen LogP) is 4.40. The van der Waals surface area contributed by atoms with Gasteiger partial charge >= 0.3 is 0 Å². The van der Waals surface area contributed by atoms with Crippen LogP contribution >= 0.6 is 11.3 Å². The fourth-order valence-electron chi connectivity index (χ4n) is 2.52. The second kappa shape index (κ2) is 6.57. The van der Waals surface area contributed by atoms with Crippen LogP contribution < -0.4 is 5.32 Å².